The van der Waals surface area contributed by atoms with E-state index in [-0.39, 0.29) is 5.57 Å². The van der Waals surface area contributed by atoms with Crippen LogP contribution in [-0.2, 0) is 9.53 Å². The first-order valence-corrected chi connectivity index (χ1v) is 5.75. The molecule has 0 aliphatic carbocycles. The van der Waals surface area contributed by atoms with Gasteiger partial charge in [-0.05, 0) is 24.6 Å². The van der Waals surface area contributed by atoms with E-state index >= 15 is 0 Å². The minimum Gasteiger partial charge on any atom is -0.493 e. The molecule has 0 atom stereocenters. The van der Waals surface area contributed by atoms with E-state index < -0.39 is 5.97 Å². The zero-order chi connectivity index (χ0) is 14.4. The first-order chi connectivity index (χ1) is 9.08. The maximum absolute atomic E-state index is 11.7. The van der Waals surface area contributed by atoms with Crippen LogP contribution in [0.2, 0.25) is 0 Å². The zero-order valence-electron chi connectivity index (χ0n) is 11.6. The van der Waals surface area contributed by atoms with Crippen molar-refractivity contribution in [1.82, 2.24) is 0 Å². The SMILES string of the molecule is C=C(C(=O)OCC)c1cc(OC)c(OC)c(OC)c1. The number of esters is 1. The van der Waals surface area contributed by atoms with Gasteiger partial charge < -0.3 is 18.9 Å². The number of hydrogen-bond acceptors (Lipinski definition) is 5. The minimum atomic E-state index is -0.475. The fourth-order valence-corrected chi connectivity index (χ4v) is 1.59. The summed E-state index contributed by atoms with van der Waals surface area (Å²) in [6, 6.07) is 3.31. The van der Waals surface area contributed by atoms with Crippen molar-refractivity contribution < 1.29 is 23.7 Å². The second-order valence-corrected chi connectivity index (χ2v) is 3.61. The lowest BCUT2D eigenvalue weighted by Crippen LogP contribution is -2.06. The number of methoxy groups -OCH3 is 3. The molecule has 19 heavy (non-hydrogen) atoms. The van der Waals surface area contributed by atoms with Crippen molar-refractivity contribution in [3.8, 4) is 17.2 Å². The van der Waals surface area contributed by atoms with Crippen LogP contribution in [-0.4, -0.2) is 33.9 Å². The van der Waals surface area contributed by atoms with Gasteiger partial charge in [-0.2, -0.15) is 0 Å². The summed E-state index contributed by atoms with van der Waals surface area (Å²) < 4.78 is 20.5. The van der Waals surface area contributed by atoms with Crippen LogP contribution in [0.5, 0.6) is 17.2 Å². The van der Waals surface area contributed by atoms with E-state index in [0.717, 1.165) is 0 Å². The van der Waals surface area contributed by atoms with Crippen molar-refractivity contribution in [3.63, 3.8) is 0 Å². The lowest BCUT2D eigenvalue weighted by Gasteiger charge is -2.14. The van der Waals surface area contributed by atoms with Crippen molar-refractivity contribution in [2.45, 2.75) is 6.92 Å². The number of carbonyl (C=O) groups excluding carboxylic acids is 1. The molecule has 0 saturated carbocycles. The molecule has 0 bridgehead atoms. The van der Waals surface area contributed by atoms with Crippen molar-refractivity contribution in [2.75, 3.05) is 27.9 Å². The standard InChI is InChI=1S/C14H18O5/c1-6-19-14(15)9(2)10-7-11(16-3)13(18-5)12(8-10)17-4/h7-8H,2,6H2,1,3-5H3. The van der Waals surface area contributed by atoms with E-state index in [4.69, 9.17) is 18.9 Å². The molecule has 0 aliphatic rings. The zero-order valence-corrected chi connectivity index (χ0v) is 11.6. The van der Waals surface area contributed by atoms with E-state index in [0.29, 0.717) is 29.4 Å². The Balaban J connectivity index is 3.23. The van der Waals surface area contributed by atoms with Crippen molar-refractivity contribution in [3.05, 3.63) is 24.3 Å². The summed E-state index contributed by atoms with van der Waals surface area (Å²) in [6.07, 6.45) is 0. The molecule has 104 valence electrons. The van der Waals surface area contributed by atoms with Crippen LogP contribution in [0.4, 0.5) is 0 Å². The molecule has 0 aromatic heterocycles. The van der Waals surface area contributed by atoms with Gasteiger partial charge in [0.05, 0.1) is 33.5 Å². The van der Waals surface area contributed by atoms with Crippen LogP contribution in [0.3, 0.4) is 0 Å². The number of benzene rings is 1. The normalized spacial score (nSPS) is 9.68. The van der Waals surface area contributed by atoms with Gasteiger partial charge in [0.2, 0.25) is 5.75 Å². The van der Waals surface area contributed by atoms with E-state index in [1.165, 1.54) is 21.3 Å². The van der Waals surface area contributed by atoms with Crippen LogP contribution >= 0.6 is 0 Å². The molecule has 0 aliphatic heterocycles. The Morgan fingerprint density at radius 1 is 1.11 bits per heavy atom. The lowest BCUT2D eigenvalue weighted by atomic mass is 10.1. The summed E-state index contributed by atoms with van der Waals surface area (Å²) >= 11 is 0. The minimum absolute atomic E-state index is 0.237. The molecule has 1 aromatic rings. The molecule has 0 N–H and O–H groups in total. The van der Waals surface area contributed by atoms with Gasteiger partial charge >= 0.3 is 5.97 Å². The Hall–Kier alpha value is -2.17. The number of hydrogen-bond donors (Lipinski definition) is 0. The van der Waals surface area contributed by atoms with Gasteiger partial charge in [0.25, 0.3) is 0 Å². The third-order valence-electron chi connectivity index (χ3n) is 2.54. The van der Waals surface area contributed by atoms with Gasteiger partial charge in [-0.15, -0.1) is 0 Å². The summed E-state index contributed by atoms with van der Waals surface area (Å²) in [6.45, 7) is 5.75. The van der Waals surface area contributed by atoms with Crippen molar-refractivity contribution >= 4 is 11.5 Å². The van der Waals surface area contributed by atoms with Gasteiger partial charge in [0, 0.05) is 0 Å². The smallest absolute Gasteiger partial charge is 0.338 e. The highest BCUT2D eigenvalue weighted by molar-refractivity contribution is 6.15. The van der Waals surface area contributed by atoms with Crippen molar-refractivity contribution in [2.24, 2.45) is 0 Å². The monoisotopic (exact) mass is 266 g/mol. The van der Waals surface area contributed by atoms with Gasteiger partial charge in [-0.3, -0.25) is 0 Å². The van der Waals surface area contributed by atoms with E-state index in [1.54, 1.807) is 19.1 Å². The first kappa shape index (κ1) is 14.9. The topological polar surface area (TPSA) is 54.0 Å². The molecular weight excluding hydrogens is 248 g/mol. The molecule has 5 nitrogen and oxygen atoms in total. The number of rotatable bonds is 6. The predicted octanol–water partition coefficient (Wildman–Crippen LogP) is 2.29. The molecule has 0 saturated heterocycles. The largest absolute Gasteiger partial charge is 0.493 e. The Kier molecular flexibility index (Phi) is 5.23. The van der Waals surface area contributed by atoms with Crippen LogP contribution < -0.4 is 14.2 Å². The predicted molar refractivity (Wildman–Crippen MR) is 71.8 cm³/mol. The average molecular weight is 266 g/mol. The van der Waals surface area contributed by atoms with Crippen LogP contribution in [0, 0.1) is 0 Å². The Morgan fingerprint density at radius 3 is 2.00 bits per heavy atom. The Morgan fingerprint density at radius 2 is 1.63 bits per heavy atom. The maximum Gasteiger partial charge on any atom is 0.338 e. The summed E-state index contributed by atoms with van der Waals surface area (Å²) in [7, 11) is 4.53. The number of ether oxygens (including phenoxy) is 4. The van der Waals surface area contributed by atoms with Crippen LogP contribution in [0.15, 0.2) is 18.7 Å². The molecule has 0 radical (unpaired) electrons. The Bertz CT molecular complexity index is 454. The van der Waals surface area contributed by atoms with Gasteiger partial charge in [-0.1, -0.05) is 6.58 Å². The third kappa shape index (κ3) is 3.19. The molecule has 1 rings (SSSR count). The molecule has 0 heterocycles. The Labute approximate surface area is 112 Å². The summed E-state index contributed by atoms with van der Waals surface area (Å²) in [5.41, 5.74) is 0.800. The quantitative estimate of drug-likeness (QED) is 0.584. The molecule has 0 unspecified atom stereocenters. The molecule has 0 amide bonds. The van der Waals surface area contributed by atoms with Crippen LogP contribution in [0.25, 0.3) is 5.57 Å². The fourth-order valence-electron chi connectivity index (χ4n) is 1.59. The van der Waals surface area contributed by atoms with Gasteiger partial charge in [0.1, 0.15) is 0 Å². The third-order valence-corrected chi connectivity index (χ3v) is 2.54. The molecular formula is C14H18O5. The maximum atomic E-state index is 11.7. The first-order valence-electron chi connectivity index (χ1n) is 5.75. The van der Waals surface area contributed by atoms with E-state index in [9.17, 15) is 4.79 Å². The summed E-state index contributed by atoms with van der Waals surface area (Å²) in [5.74, 6) is 0.909. The van der Waals surface area contributed by atoms with Crippen LogP contribution in [0.1, 0.15) is 12.5 Å². The van der Waals surface area contributed by atoms with E-state index in [2.05, 4.69) is 6.58 Å². The van der Waals surface area contributed by atoms with Gasteiger partial charge in [0.15, 0.2) is 11.5 Å². The fraction of sp³-hybridized carbons (Fsp3) is 0.357. The highest BCUT2D eigenvalue weighted by Crippen LogP contribution is 2.39. The lowest BCUT2D eigenvalue weighted by molar-refractivity contribution is -0.136. The van der Waals surface area contributed by atoms with Gasteiger partial charge in [-0.25, -0.2) is 4.79 Å². The number of carbonyl (C=O) groups is 1. The summed E-state index contributed by atoms with van der Waals surface area (Å²) in [4.78, 5) is 11.7. The molecule has 0 fully saturated rings. The summed E-state index contributed by atoms with van der Waals surface area (Å²) in [5, 5.41) is 0. The second kappa shape index (κ2) is 6.68. The molecule has 5 heteroatoms. The van der Waals surface area contributed by atoms with Crippen molar-refractivity contribution in [1.29, 1.82) is 0 Å². The highest BCUT2D eigenvalue weighted by Gasteiger charge is 2.18. The van der Waals surface area contributed by atoms with E-state index in [1.807, 2.05) is 0 Å². The molecule has 0 spiro atoms. The molecule has 1 aromatic carbocycles. The highest BCUT2D eigenvalue weighted by atomic mass is 16.5. The average Bonchev–Trinajstić information content (AvgIpc) is 2.44. The second-order valence-electron chi connectivity index (χ2n) is 3.61.